The summed E-state index contributed by atoms with van der Waals surface area (Å²) in [5, 5.41) is 8.60. The van der Waals surface area contributed by atoms with E-state index in [0.717, 1.165) is 16.7 Å². The summed E-state index contributed by atoms with van der Waals surface area (Å²) in [4.78, 5) is 0. The third kappa shape index (κ3) is 1.26. The lowest BCUT2D eigenvalue weighted by molar-refractivity contribution is 0.578. The minimum atomic E-state index is -0.0317. The van der Waals surface area contributed by atoms with Crippen LogP contribution >= 0.6 is 11.6 Å². The summed E-state index contributed by atoms with van der Waals surface area (Å²) < 4.78 is 5.39. The zero-order chi connectivity index (χ0) is 10.3. The van der Waals surface area contributed by atoms with Crippen LogP contribution in [0, 0.1) is 12.3 Å². The van der Waals surface area contributed by atoms with E-state index in [9.17, 15) is 0 Å². The topological polar surface area (TPSA) is 63.0 Å². The molecule has 0 bridgehead atoms. The molecule has 0 amide bonds. The summed E-state index contributed by atoms with van der Waals surface area (Å²) in [6.45, 7) is 1.85. The van der Waals surface area contributed by atoms with Gasteiger partial charge in [-0.3, -0.25) is 5.41 Å². The quantitative estimate of drug-likeness (QED) is 0.559. The summed E-state index contributed by atoms with van der Waals surface area (Å²) in [6.07, 6.45) is 0. The van der Waals surface area contributed by atoms with Crippen molar-refractivity contribution in [3.05, 3.63) is 34.5 Å². The minimum Gasteiger partial charge on any atom is -0.461 e. The molecule has 0 unspecified atom stereocenters. The molecule has 1 aromatic heterocycles. The van der Waals surface area contributed by atoms with E-state index in [-0.39, 0.29) is 5.84 Å². The van der Waals surface area contributed by atoms with E-state index in [1.165, 1.54) is 0 Å². The van der Waals surface area contributed by atoms with Crippen molar-refractivity contribution in [3.8, 4) is 0 Å². The van der Waals surface area contributed by atoms with Gasteiger partial charge in [0.15, 0.2) is 0 Å². The number of furan rings is 1. The maximum absolute atomic E-state index is 7.32. The molecular formula is C10H9ClN2O. The van der Waals surface area contributed by atoms with Gasteiger partial charge in [-0.25, -0.2) is 0 Å². The normalized spacial score (nSPS) is 10.7. The molecule has 0 atom stereocenters. The van der Waals surface area contributed by atoms with Gasteiger partial charge < -0.3 is 10.2 Å². The fraction of sp³-hybridized carbons (Fsp3) is 0.100. The molecule has 0 aliphatic heterocycles. The first-order valence-corrected chi connectivity index (χ1v) is 4.50. The molecule has 2 rings (SSSR count). The van der Waals surface area contributed by atoms with Gasteiger partial charge in [-0.05, 0) is 25.1 Å². The first-order chi connectivity index (χ1) is 6.59. The van der Waals surface area contributed by atoms with E-state index in [2.05, 4.69) is 0 Å². The predicted octanol–water partition coefficient (Wildman–Crippen LogP) is 2.68. The second kappa shape index (κ2) is 3.03. The van der Waals surface area contributed by atoms with Crippen LogP contribution in [0.4, 0.5) is 0 Å². The Morgan fingerprint density at radius 1 is 1.50 bits per heavy atom. The maximum atomic E-state index is 7.32. The number of nitrogen functional groups attached to an aromatic ring is 1. The van der Waals surface area contributed by atoms with Crippen LogP contribution in [0.2, 0.25) is 5.02 Å². The SMILES string of the molecule is Cc1cc2c(Cl)c(C(=N)N)ccc2o1. The monoisotopic (exact) mass is 208 g/mol. The first kappa shape index (κ1) is 9.09. The number of nitrogens with two attached hydrogens (primary N) is 1. The highest BCUT2D eigenvalue weighted by Crippen LogP contribution is 2.29. The molecule has 0 aliphatic carbocycles. The number of halogens is 1. The van der Waals surface area contributed by atoms with E-state index in [1.807, 2.05) is 13.0 Å². The van der Waals surface area contributed by atoms with E-state index in [0.29, 0.717) is 10.6 Å². The molecule has 4 heteroatoms. The number of hydrogen-bond acceptors (Lipinski definition) is 2. The zero-order valence-corrected chi connectivity index (χ0v) is 8.35. The molecule has 0 aliphatic rings. The fourth-order valence-electron chi connectivity index (χ4n) is 1.41. The van der Waals surface area contributed by atoms with Crippen molar-refractivity contribution in [2.45, 2.75) is 6.92 Å². The van der Waals surface area contributed by atoms with Crippen molar-refractivity contribution >= 4 is 28.4 Å². The average Bonchev–Trinajstić information content (AvgIpc) is 2.46. The van der Waals surface area contributed by atoms with Crippen molar-refractivity contribution < 1.29 is 4.42 Å². The Morgan fingerprint density at radius 2 is 2.21 bits per heavy atom. The van der Waals surface area contributed by atoms with Crippen LogP contribution in [0.1, 0.15) is 11.3 Å². The Kier molecular flexibility index (Phi) is 1.97. The van der Waals surface area contributed by atoms with Crippen molar-refractivity contribution in [1.82, 2.24) is 0 Å². The van der Waals surface area contributed by atoms with Crippen molar-refractivity contribution in [1.29, 1.82) is 5.41 Å². The highest BCUT2D eigenvalue weighted by atomic mass is 35.5. The highest BCUT2D eigenvalue weighted by molar-refractivity contribution is 6.38. The standard InChI is InChI=1S/C10H9ClN2O/c1-5-4-7-8(14-5)3-2-6(9(7)11)10(12)13/h2-4H,1H3,(H3,12,13). The second-order valence-electron chi connectivity index (χ2n) is 3.11. The van der Waals surface area contributed by atoms with Crippen LogP contribution in [-0.4, -0.2) is 5.84 Å². The van der Waals surface area contributed by atoms with E-state index in [4.69, 9.17) is 27.2 Å². The molecule has 3 N–H and O–H groups in total. The van der Waals surface area contributed by atoms with Crippen LogP contribution < -0.4 is 5.73 Å². The van der Waals surface area contributed by atoms with Crippen LogP contribution in [0.5, 0.6) is 0 Å². The van der Waals surface area contributed by atoms with Gasteiger partial charge in [0.25, 0.3) is 0 Å². The van der Waals surface area contributed by atoms with Crippen molar-refractivity contribution in [2.24, 2.45) is 5.73 Å². The minimum absolute atomic E-state index is 0.0317. The lowest BCUT2D eigenvalue weighted by atomic mass is 10.1. The van der Waals surface area contributed by atoms with Crippen LogP contribution in [0.3, 0.4) is 0 Å². The van der Waals surface area contributed by atoms with Crippen LogP contribution in [0.25, 0.3) is 11.0 Å². The summed E-state index contributed by atoms with van der Waals surface area (Å²) in [5.74, 6) is 0.762. The predicted molar refractivity (Wildman–Crippen MR) is 57.0 cm³/mol. The van der Waals surface area contributed by atoms with Gasteiger partial charge in [0.1, 0.15) is 17.2 Å². The molecule has 1 aromatic carbocycles. The molecule has 14 heavy (non-hydrogen) atoms. The van der Waals surface area contributed by atoms with Crippen LogP contribution in [0.15, 0.2) is 22.6 Å². The maximum Gasteiger partial charge on any atom is 0.135 e. The number of nitrogens with one attached hydrogen (secondary N) is 1. The van der Waals surface area contributed by atoms with Gasteiger partial charge in [-0.2, -0.15) is 0 Å². The van der Waals surface area contributed by atoms with Crippen LogP contribution in [-0.2, 0) is 0 Å². The summed E-state index contributed by atoms with van der Waals surface area (Å²) >= 11 is 6.07. The van der Waals surface area contributed by atoms with Crippen molar-refractivity contribution in [2.75, 3.05) is 0 Å². The summed E-state index contributed by atoms with van der Waals surface area (Å²) in [5.41, 5.74) is 6.64. The number of aryl methyl sites for hydroxylation is 1. The Labute approximate surface area is 86.0 Å². The van der Waals surface area contributed by atoms with E-state index < -0.39 is 0 Å². The second-order valence-corrected chi connectivity index (χ2v) is 3.49. The van der Waals surface area contributed by atoms with Gasteiger partial charge in [0.05, 0.1) is 5.02 Å². The van der Waals surface area contributed by atoms with Gasteiger partial charge in [0, 0.05) is 10.9 Å². The molecular weight excluding hydrogens is 200 g/mol. The molecule has 0 radical (unpaired) electrons. The molecule has 0 fully saturated rings. The molecule has 0 saturated heterocycles. The Morgan fingerprint density at radius 3 is 2.86 bits per heavy atom. The highest BCUT2D eigenvalue weighted by Gasteiger charge is 2.10. The largest absolute Gasteiger partial charge is 0.461 e. The smallest absolute Gasteiger partial charge is 0.135 e. The van der Waals surface area contributed by atoms with Gasteiger partial charge in [0.2, 0.25) is 0 Å². The van der Waals surface area contributed by atoms with Gasteiger partial charge in [-0.15, -0.1) is 0 Å². The third-order valence-electron chi connectivity index (χ3n) is 2.05. The Hall–Kier alpha value is -1.48. The third-order valence-corrected chi connectivity index (χ3v) is 2.46. The molecule has 2 aromatic rings. The lowest BCUT2D eigenvalue weighted by Crippen LogP contribution is -2.11. The number of benzene rings is 1. The first-order valence-electron chi connectivity index (χ1n) is 4.12. The Balaban J connectivity index is 2.80. The number of hydrogen-bond donors (Lipinski definition) is 2. The van der Waals surface area contributed by atoms with Gasteiger partial charge in [-0.1, -0.05) is 11.6 Å². The average molecular weight is 209 g/mol. The molecule has 1 heterocycles. The number of fused-ring (bicyclic) bond motifs is 1. The number of amidine groups is 1. The summed E-state index contributed by atoms with van der Waals surface area (Å²) in [6, 6.07) is 5.30. The molecule has 72 valence electrons. The van der Waals surface area contributed by atoms with E-state index in [1.54, 1.807) is 12.1 Å². The molecule has 0 spiro atoms. The Bertz CT molecular complexity index is 516. The summed E-state index contributed by atoms with van der Waals surface area (Å²) in [7, 11) is 0. The van der Waals surface area contributed by atoms with Crippen molar-refractivity contribution in [3.63, 3.8) is 0 Å². The van der Waals surface area contributed by atoms with E-state index >= 15 is 0 Å². The zero-order valence-electron chi connectivity index (χ0n) is 7.60. The lowest BCUT2D eigenvalue weighted by Gasteiger charge is -2.01. The number of rotatable bonds is 1. The molecule has 3 nitrogen and oxygen atoms in total. The van der Waals surface area contributed by atoms with Gasteiger partial charge >= 0.3 is 0 Å². The fourth-order valence-corrected chi connectivity index (χ4v) is 1.73. The molecule has 0 saturated carbocycles.